The summed E-state index contributed by atoms with van der Waals surface area (Å²) in [4.78, 5) is 28.5. The highest BCUT2D eigenvalue weighted by Crippen LogP contribution is 2.31. The summed E-state index contributed by atoms with van der Waals surface area (Å²) >= 11 is 0. The summed E-state index contributed by atoms with van der Waals surface area (Å²) < 4.78 is 0. The fourth-order valence-corrected chi connectivity index (χ4v) is 3.33. The number of carbonyl (C=O) groups excluding carboxylic acids is 2. The van der Waals surface area contributed by atoms with E-state index in [4.69, 9.17) is 0 Å². The monoisotopic (exact) mass is 295 g/mol. The summed E-state index contributed by atoms with van der Waals surface area (Å²) in [6.45, 7) is 11.7. The van der Waals surface area contributed by atoms with Crippen molar-refractivity contribution >= 4 is 11.8 Å². The van der Waals surface area contributed by atoms with Crippen LogP contribution >= 0.6 is 0 Å². The largest absolute Gasteiger partial charge is 0.339 e. The molecule has 0 aromatic rings. The van der Waals surface area contributed by atoms with E-state index < -0.39 is 0 Å². The second-order valence-corrected chi connectivity index (χ2v) is 7.28. The fourth-order valence-electron chi connectivity index (χ4n) is 3.33. The van der Waals surface area contributed by atoms with Crippen LogP contribution in [0, 0.1) is 11.3 Å². The Bertz CT molecular complexity index is 398. The lowest BCUT2D eigenvalue weighted by atomic mass is 9.77. The van der Waals surface area contributed by atoms with Gasteiger partial charge in [0.2, 0.25) is 11.8 Å². The number of hydrogen-bond donors (Lipinski definition) is 1. The van der Waals surface area contributed by atoms with Crippen molar-refractivity contribution in [2.75, 3.05) is 32.7 Å². The number of carbonyl (C=O) groups is 2. The predicted octanol–water partition coefficient (Wildman–Crippen LogP) is 1.09. The highest BCUT2D eigenvalue weighted by molar-refractivity contribution is 5.83. The highest BCUT2D eigenvalue weighted by Gasteiger charge is 2.40. The third kappa shape index (κ3) is 3.57. The first-order valence-electron chi connectivity index (χ1n) is 8.14. The molecule has 1 N–H and O–H groups in total. The van der Waals surface area contributed by atoms with Gasteiger partial charge in [0.1, 0.15) is 0 Å². The fraction of sp³-hybridized carbons (Fsp3) is 0.875. The number of piperazine rings is 1. The van der Waals surface area contributed by atoms with Gasteiger partial charge in [-0.1, -0.05) is 27.7 Å². The molecule has 0 radical (unpaired) electrons. The lowest BCUT2D eigenvalue weighted by Crippen LogP contribution is -2.60. The van der Waals surface area contributed by atoms with Crippen LogP contribution in [-0.4, -0.2) is 60.4 Å². The first kappa shape index (κ1) is 16.3. The lowest BCUT2D eigenvalue weighted by Gasteiger charge is -2.43. The molecule has 0 bridgehead atoms. The van der Waals surface area contributed by atoms with Crippen molar-refractivity contribution in [2.45, 2.75) is 46.6 Å². The smallest absolute Gasteiger partial charge is 0.240 e. The summed E-state index contributed by atoms with van der Waals surface area (Å²) in [5, 5.41) is 3.39. The molecule has 21 heavy (non-hydrogen) atoms. The van der Waals surface area contributed by atoms with Gasteiger partial charge in [-0.05, 0) is 24.8 Å². The average Bonchev–Trinajstić information content (AvgIpc) is 2.45. The molecule has 2 aliphatic heterocycles. The molecule has 2 rings (SSSR count). The zero-order valence-electron chi connectivity index (χ0n) is 13.8. The minimum absolute atomic E-state index is 0.0141. The van der Waals surface area contributed by atoms with E-state index in [2.05, 4.69) is 19.2 Å². The van der Waals surface area contributed by atoms with Crippen molar-refractivity contribution in [1.82, 2.24) is 15.1 Å². The second kappa shape index (κ2) is 6.34. The molecule has 1 unspecified atom stereocenters. The van der Waals surface area contributed by atoms with Gasteiger partial charge < -0.3 is 15.1 Å². The maximum Gasteiger partial charge on any atom is 0.240 e. The zero-order valence-corrected chi connectivity index (χ0v) is 13.8. The van der Waals surface area contributed by atoms with E-state index >= 15 is 0 Å². The maximum atomic E-state index is 12.7. The van der Waals surface area contributed by atoms with Gasteiger partial charge in [-0.3, -0.25) is 9.59 Å². The molecular weight excluding hydrogens is 266 g/mol. The van der Waals surface area contributed by atoms with E-state index in [0.29, 0.717) is 26.2 Å². The molecule has 1 atom stereocenters. The Morgan fingerprint density at radius 1 is 1.10 bits per heavy atom. The number of piperidine rings is 1. The maximum absolute atomic E-state index is 12.7. The number of rotatable bonds is 2. The normalized spacial score (nSPS) is 26.0. The van der Waals surface area contributed by atoms with Crippen LogP contribution in [0.5, 0.6) is 0 Å². The van der Waals surface area contributed by atoms with Crippen LogP contribution in [0.2, 0.25) is 0 Å². The molecule has 0 saturated carbocycles. The Hall–Kier alpha value is -1.10. The number of nitrogens with zero attached hydrogens (tertiary/aromatic N) is 2. The Morgan fingerprint density at radius 2 is 1.67 bits per heavy atom. The quantitative estimate of drug-likeness (QED) is 0.830. The lowest BCUT2D eigenvalue weighted by molar-refractivity contribution is -0.144. The van der Waals surface area contributed by atoms with Crippen LogP contribution < -0.4 is 5.32 Å². The van der Waals surface area contributed by atoms with Gasteiger partial charge in [-0.15, -0.1) is 0 Å². The topological polar surface area (TPSA) is 52.7 Å². The standard InChI is InChI=1S/C16H29N3O2/c1-12(2)14(20)18-8-10-19(11-9-18)15(21)13-16(3,4)6-5-7-17-13/h12-13,17H,5-11H2,1-4H3. The van der Waals surface area contributed by atoms with E-state index in [0.717, 1.165) is 19.4 Å². The molecule has 0 aromatic heterocycles. The predicted molar refractivity (Wildman–Crippen MR) is 82.8 cm³/mol. The molecule has 0 spiro atoms. The Labute approximate surface area is 128 Å². The number of hydrogen-bond acceptors (Lipinski definition) is 3. The van der Waals surface area contributed by atoms with Crippen LogP contribution in [0.15, 0.2) is 0 Å². The summed E-state index contributed by atoms with van der Waals surface area (Å²) in [6.07, 6.45) is 2.22. The van der Waals surface area contributed by atoms with E-state index in [1.54, 1.807) is 0 Å². The van der Waals surface area contributed by atoms with Crippen molar-refractivity contribution < 1.29 is 9.59 Å². The van der Waals surface area contributed by atoms with E-state index in [-0.39, 0.29) is 29.2 Å². The van der Waals surface area contributed by atoms with Crippen LogP contribution in [-0.2, 0) is 9.59 Å². The molecule has 0 aromatic carbocycles. The van der Waals surface area contributed by atoms with Crippen molar-refractivity contribution in [1.29, 1.82) is 0 Å². The van der Waals surface area contributed by atoms with Crippen LogP contribution in [0.4, 0.5) is 0 Å². The molecule has 2 amide bonds. The first-order valence-corrected chi connectivity index (χ1v) is 8.14. The highest BCUT2D eigenvalue weighted by atomic mass is 16.2. The van der Waals surface area contributed by atoms with Crippen molar-refractivity contribution in [2.24, 2.45) is 11.3 Å². The summed E-state index contributed by atoms with van der Waals surface area (Å²) in [7, 11) is 0. The first-order chi connectivity index (χ1) is 9.83. The van der Waals surface area contributed by atoms with Gasteiger partial charge in [0.05, 0.1) is 6.04 Å². The number of amides is 2. The zero-order chi connectivity index (χ0) is 15.6. The van der Waals surface area contributed by atoms with Gasteiger partial charge in [0, 0.05) is 32.1 Å². The minimum Gasteiger partial charge on any atom is -0.339 e. The third-order valence-corrected chi connectivity index (χ3v) is 4.77. The number of nitrogens with one attached hydrogen (secondary N) is 1. The summed E-state index contributed by atoms with van der Waals surface area (Å²) in [5.41, 5.74) is 0.0141. The minimum atomic E-state index is -0.0846. The molecule has 0 aliphatic carbocycles. The molecule has 2 aliphatic rings. The van der Waals surface area contributed by atoms with Crippen LogP contribution in [0.1, 0.15) is 40.5 Å². The van der Waals surface area contributed by atoms with Gasteiger partial charge in [0.15, 0.2) is 0 Å². The van der Waals surface area contributed by atoms with Gasteiger partial charge in [-0.2, -0.15) is 0 Å². The van der Waals surface area contributed by atoms with E-state index in [1.165, 1.54) is 0 Å². The Kier molecular flexibility index (Phi) is 4.91. The second-order valence-electron chi connectivity index (χ2n) is 7.28. The van der Waals surface area contributed by atoms with Crippen molar-refractivity contribution in [3.8, 4) is 0 Å². The molecule has 2 heterocycles. The average molecular weight is 295 g/mol. The molecule has 2 saturated heterocycles. The molecule has 5 heteroatoms. The van der Waals surface area contributed by atoms with Gasteiger partial charge in [-0.25, -0.2) is 0 Å². The SMILES string of the molecule is CC(C)C(=O)N1CCN(C(=O)C2NCCCC2(C)C)CC1. The van der Waals surface area contributed by atoms with Crippen LogP contribution in [0.25, 0.3) is 0 Å². The molecule has 2 fully saturated rings. The summed E-state index contributed by atoms with van der Waals surface area (Å²) in [6, 6.07) is -0.0846. The molecular formula is C16H29N3O2. The van der Waals surface area contributed by atoms with Crippen molar-refractivity contribution in [3.05, 3.63) is 0 Å². The van der Waals surface area contributed by atoms with E-state index in [1.807, 2.05) is 23.6 Å². The molecule has 5 nitrogen and oxygen atoms in total. The van der Waals surface area contributed by atoms with E-state index in [9.17, 15) is 9.59 Å². The molecule has 120 valence electrons. The third-order valence-electron chi connectivity index (χ3n) is 4.77. The Morgan fingerprint density at radius 3 is 2.19 bits per heavy atom. The van der Waals surface area contributed by atoms with Crippen LogP contribution in [0.3, 0.4) is 0 Å². The summed E-state index contributed by atoms with van der Waals surface area (Å²) in [5.74, 6) is 0.431. The Balaban J connectivity index is 1.92. The van der Waals surface area contributed by atoms with Gasteiger partial charge >= 0.3 is 0 Å². The van der Waals surface area contributed by atoms with Gasteiger partial charge in [0.25, 0.3) is 0 Å². The van der Waals surface area contributed by atoms with Crippen molar-refractivity contribution in [3.63, 3.8) is 0 Å².